The molecule has 0 aliphatic carbocycles. The van der Waals surface area contributed by atoms with Crippen molar-refractivity contribution in [2.45, 2.75) is 0 Å². The van der Waals surface area contributed by atoms with E-state index in [1.54, 1.807) is 24.5 Å². The van der Waals surface area contributed by atoms with Crippen LogP contribution in [-0.4, -0.2) is 14.5 Å². The predicted octanol–water partition coefficient (Wildman–Crippen LogP) is 4.52. The minimum Gasteiger partial charge on any atom is -0.343 e. The molecule has 0 saturated heterocycles. The van der Waals surface area contributed by atoms with Gasteiger partial charge < -0.3 is 9.88 Å². The van der Waals surface area contributed by atoms with Gasteiger partial charge in [0.1, 0.15) is 11.6 Å². The summed E-state index contributed by atoms with van der Waals surface area (Å²) in [6.45, 7) is 0. The first-order valence-corrected chi connectivity index (χ1v) is 7.60. The molecule has 4 rings (SSSR count). The molecule has 0 aliphatic heterocycles. The fourth-order valence-electron chi connectivity index (χ4n) is 2.82. The maximum atomic E-state index is 13.1. The number of aromatic nitrogens is 3. The molecular formula is C19H15FN4. The van der Waals surface area contributed by atoms with Crippen molar-refractivity contribution >= 4 is 22.4 Å². The summed E-state index contributed by atoms with van der Waals surface area (Å²) in [5, 5.41) is 4.26. The van der Waals surface area contributed by atoms with E-state index in [4.69, 9.17) is 0 Å². The molecule has 0 radical (unpaired) electrons. The van der Waals surface area contributed by atoms with Gasteiger partial charge in [-0.3, -0.25) is 4.98 Å². The fraction of sp³-hybridized carbons (Fsp3) is 0.0526. The summed E-state index contributed by atoms with van der Waals surface area (Å²) < 4.78 is 15.2. The summed E-state index contributed by atoms with van der Waals surface area (Å²) in [4.78, 5) is 8.63. The van der Waals surface area contributed by atoms with Gasteiger partial charge in [-0.2, -0.15) is 0 Å². The molecule has 0 bridgehead atoms. The lowest BCUT2D eigenvalue weighted by molar-refractivity contribution is 0.628. The van der Waals surface area contributed by atoms with Gasteiger partial charge in [0, 0.05) is 42.3 Å². The zero-order chi connectivity index (χ0) is 16.5. The molecule has 4 aromatic rings. The maximum absolute atomic E-state index is 13.1. The molecule has 0 amide bonds. The highest BCUT2D eigenvalue weighted by Gasteiger charge is 2.12. The Morgan fingerprint density at radius 2 is 1.88 bits per heavy atom. The number of pyridine rings is 2. The molecule has 118 valence electrons. The van der Waals surface area contributed by atoms with Crippen molar-refractivity contribution in [2.75, 3.05) is 5.32 Å². The van der Waals surface area contributed by atoms with E-state index in [2.05, 4.69) is 25.9 Å². The molecule has 1 N–H and O–H groups in total. The minimum absolute atomic E-state index is 0.259. The van der Waals surface area contributed by atoms with E-state index in [1.807, 2.05) is 31.4 Å². The summed E-state index contributed by atoms with van der Waals surface area (Å²) >= 11 is 0. The zero-order valence-electron chi connectivity index (χ0n) is 13.1. The average Bonchev–Trinajstić information content (AvgIpc) is 2.96. The van der Waals surface area contributed by atoms with E-state index in [-0.39, 0.29) is 5.82 Å². The lowest BCUT2D eigenvalue weighted by atomic mass is 10.2. The first kappa shape index (κ1) is 14.4. The van der Waals surface area contributed by atoms with Gasteiger partial charge in [-0.25, -0.2) is 9.37 Å². The SMILES string of the molecule is Cn1c(-c2cccnc2)cc2c(Nc3ccc(F)cc3)nccc21. The quantitative estimate of drug-likeness (QED) is 0.604. The molecule has 0 aliphatic rings. The Balaban J connectivity index is 1.81. The first-order chi connectivity index (χ1) is 11.7. The monoisotopic (exact) mass is 318 g/mol. The molecule has 3 heterocycles. The third-order valence-electron chi connectivity index (χ3n) is 4.04. The van der Waals surface area contributed by atoms with E-state index in [0.717, 1.165) is 33.7 Å². The number of hydrogen-bond acceptors (Lipinski definition) is 3. The molecule has 1 aromatic carbocycles. The van der Waals surface area contributed by atoms with Crippen LogP contribution in [-0.2, 0) is 7.05 Å². The summed E-state index contributed by atoms with van der Waals surface area (Å²) in [6, 6.07) is 14.3. The number of nitrogens with zero attached hydrogens (tertiary/aromatic N) is 3. The molecule has 0 saturated carbocycles. The van der Waals surface area contributed by atoms with Crippen molar-refractivity contribution in [3.8, 4) is 11.3 Å². The van der Waals surface area contributed by atoms with Gasteiger partial charge >= 0.3 is 0 Å². The van der Waals surface area contributed by atoms with Crippen molar-refractivity contribution in [1.29, 1.82) is 0 Å². The maximum Gasteiger partial charge on any atom is 0.139 e. The highest BCUT2D eigenvalue weighted by Crippen LogP contribution is 2.31. The van der Waals surface area contributed by atoms with E-state index in [0.29, 0.717) is 0 Å². The van der Waals surface area contributed by atoms with Gasteiger partial charge in [0.2, 0.25) is 0 Å². The molecule has 4 nitrogen and oxygen atoms in total. The molecule has 0 atom stereocenters. The Kier molecular flexibility index (Phi) is 3.46. The van der Waals surface area contributed by atoms with Crippen LogP contribution in [0, 0.1) is 5.82 Å². The van der Waals surface area contributed by atoms with Crippen molar-refractivity contribution in [3.63, 3.8) is 0 Å². The Morgan fingerprint density at radius 1 is 1.04 bits per heavy atom. The first-order valence-electron chi connectivity index (χ1n) is 7.60. The van der Waals surface area contributed by atoms with Crippen LogP contribution in [0.2, 0.25) is 0 Å². The van der Waals surface area contributed by atoms with Gasteiger partial charge in [-0.15, -0.1) is 0 Å². The summed E-state index contributed by atoms with van der Waals surface area (Å²) in [7, 11) is 2.02. The third kappa shape index (κ3) is 2.50. The Morgan fingerprint density at radius 3 is 2.62 bits per heavy atom. The Labute approximate surface area is 138 Å². The van der Waals surface area contributed by atoms with E-state index in [9.17, 15) is 4.39 Å². The number of hydrogen-bond donors (Lipinski definition) is 1. The largest absolute Gasteiger partial charge is 0.343 e. The number of nitrogens with one attached hydrogen (secondary N) is 1. The molecule has 24 heavy (non-hydrogen) atoms. The second kappa shape index (κ2) is 5.77. The molecule has 5 heteroatoms. The minimum atomic E-state index is -0.259. The van der Waals surface area contributed by atoms with Crippen LogP contribution < -0.4 is 5.32 Å². The number of fused-ring (bicyclic) bond motifs is 1. The lowest BCUT2D eigenvalue weighted by Gasteiger charge is -2.07. The van der Waals surface area contributed by atoms with Crippen LogP contribution in [0.3, 0.4) is 0 Å². The zero-order valence-corrected chi connectivity index (χ0v) is 13.1. The van der Waals surface area contributed by atoms with Crippen LogP contribution in [0.15, 0.2) is 67.1 Å². The standard InChI is InChI=1S/C19H15FN4/c1-24-17-8-10-22-19(23-15-6-4-14(20)5-7-15)16(17)11-18(24)13-3-2-9-21-12-13/h2-12H,1H3,(H,22,23). The Bertz CT molecular complexity index is 991. The van der Waals surface area contributed by atoms with Crippen LogP contribution in [0.1, 0.15) is 0 Å². The number of rotatable bonds is 3. The fourth-order valence-corrected chi connectivity index (χ4v) is 2.82. The van der Waals surface area contributed by atoms with Crippen molar-refractivity contribution < 1.29 is 4.39 Å². The molecular weight excluding hydrogens is 303 g/mol. The third-order valence-corrected chi connectivity index (χ3v) is 4.04. The van der Waals surface area contributed by atoms with Crippen molar-refractivity contribution in [2.24, 2.45) is 7.05 Å². The highest BCUT2D eigenvalue weighted by molar-refractivity contribution is 5.95. The van der Waals surface area contributed by atoms with E-state index < -0.39 is 0 Å². The number of aryl methyl sites for hydroxylation is 1. The van der Waals surface area contributed by atoms with E-state index >= 15 is 0 Å². The van der Waals surface area contributed by atoms with Crippen LogP contribution in [0.5, 0.6) is 0 Å². The summed E-state index contributed by atoms with van der Waals surface area (Å²) in [6.07, 6.45) is 5.37. The van der Waals surface area contributed by atoms with Crippen molar-refractivity contribution in [3.05, 3.63) is 72.9 Å². The second-order valence-electron chi connectivity index (χ2n) is 5.55. The predicted molar refractivity (Wildman–Crippen MR) is 93.6 cm³/mol. The number of anilines is 2. The van der Waals surface area contributed by atoms with Gasteiger partial charge in [0.25, 0.3) is 0 Å². The Hall–Kier alpha value is -3.21. The van der Waals surface area contributed by atoms with Gasteiger partial charge in [-0.1, -0.05) is 0 Å². The van der Waals surface area contributed by atoms with Gasteiger partial charge in [0.05, 0.1) is 11.2 Å². The topological polar surface area (TPSA) is 42.7 Å². The van der Waals surface area contributed by atoms with Gasteiger partial charge in [0.15, 0.2) is 0 Å². The summed E-state index contributed by atoms with van der Waals surface area (Å²) in [5.74, 6) is 0.482. The van der Waals surface area contributed by atoms with Crippen LogP contribution >= 0.6 is 0 Å². The van der Waals surface area contributed by atoms with E-state index in [1.165, 1.54) is 12.1 Å². The van der Waals surface area contributed by atoms with Crippen LogP contribution in [0.25, 0.3) is 22.2 Å². The molecule has 0 fully saturated rings. The molecule has 3 aromatic heterocycles. The molecule has 0 unspecified atom stereocenters. The molecule has 0 spiro atoms. The highest BCUT2D eigenvalue weighted by atomic mass is 19.1. The second-order valence-corrected chi connectivity index (χ2v) is 5.55. The van der Waals surface area contributed by atoms with Crippen LogP contribution in [0.4, 0.5) is 15.9 Å². The van der Waals surface area contributed by atoms with Gasteiger partial charge in [-0.05, 0) is 48.5 Å². The summed E-state index contributed by atoms with van der Waals surface area (Å²) in [5.41, 5.74) is 3.97. The average molecular weight is 318 g/mol. The lowest BCUT2D eigenvalue weighted by Crippen LogP contribution is -1.95. The normalized spacial score (nSPS) is 10.9. The smallest absolute Gasteiger partial charge is 0.139 e. The number of halogens is 1. The number of benzene rings is 1. The van der Waals surface area contributed by atoms with Crippen molar-refractivity contribution in [1.82, 2.24) is 14.5 Å².